The fourth-order valence-corrected chi connectivity index (χ4v) is 3.02. The molecule has 1 aromatic heterocycles. The fraction of sp³-hybridized carbons (Fsp3) is 0.368. The number of aryl methyl sites for hydroxylation is 2. The molecule has 0 bridgehead atoms. The van der Waals surface area contributed by atoms with Gasteiger partial charge in [0.25, 0.3) is 11.8 Å². The molecule has 28 heavy (non-hydrogen) atoms. The van der Waals surface area contributed by atoms with E-state index in [0.717, 1.165) is 11.4 Å². The first-order chi connectivity index (χ1) is 13.3. The zero-order chi connectivity index (χ0) is 20.3. The Balaban J connectivity index is 1.51. The number of carbonyl (C=O) groups excluding carboxylic acids is 3. The molecule has 3 amide bonds. The van der Waals surface area contributed by atoms with Crippen molar-refractivity contribution in [3.05, 3.63) is 41.7 Å². The number of ether oxygens (including phenoxy) is 1. The van der Waals surface area contributed by atoms with Crippen molar-refractivity contribution in [3.63, 3.8) is 0 Å². The van der Waals surface area contributed by atoms with Crippen molar-refractivity contribution in [2.75, 3.05) is 11.4 Å². The lowest BCUT2D eigenvalue weighted by Gasteiger charge is -2.32. The number of carbonyl (C=O) groups is 3. The molecule has 1 aliphatic heterocycles. The van der Waals surface area contributed by atoms with Crippen LogP contribution in [-0.2, 0) is 20.9 Å². The second-order valence-electron chi connectivity index (χ2n) is 6.65. The molecule has 3 rings (SSSR count). The molecule has 1 aromatic carbocycles. The zero-order valence-electron chi connectivity index (χ0n) is 16.1. The number of nitrogens with zero attached hydrogens (tertiary/aromatic N) is 3. The van der Waals surface area contributed by atoms with Crippen molar-refractivity contribution in [2.24, 2.45) is 0 Å². The van der Waals surface area contributed by atoms with E-state index < -0.39 is 12.0 Å². The highest BCUT2D eigenvalue weighted by atomic mass is 16.5. The molecule has 0 radical (unpaired) electrons. The predicted octanol–water partition coefficient (Wildman–Crippen LogP) is 0.852. The van der Waals surface area contributed by atoms with Crippen molar-refractivity contribution in [1.29, 1.82) is 0 Å². The summed E-state index contributed by atoms with van der Waals surface area (Å²) in [5, 5.41) is 4.20. The van der Waals surface area contributed by atoms with Gasteiger partial charge >= 0.3 is 0 Å². The molecule has 1 unspecified atom stereocenters. The van der Waals surface area contributed by atoms with Crippen LogP contribution in [0.25, 0.3) is 0 Å². The van der Waals surface area contributed by atoms with Crippen molar-refractivity contribution >= 4 is 23.4 Å². The predicted molar refractivity (Wildman–Crippen MR) is 101 cm³/mol. The third-order valence-electron chi connectivity index (χ3n) is 4.37. The lowest BCUT2D eigenvalue weighted by Crippen LogP contribution is -2.47. The molecule has 0 saturated carbocycles. The van der Waals surface area contributed by atoms with Gasteiger partial charge in [-0.25, -0.2) is 0 Å². The van der Waals surface area contributed by atoms with Crippen LogP contribution in [0, 0.1) is 13.8 Å². The molecule has 0 aliphatic carbocycles. The van der Waals surface area contributed by atoms with Gasteiger partial charge in [0, 0.05) is 18.7 Å². The number of nitrogens with one attached hydrogen (secondary N) is 2. The average molecular weight is 385 g/mol. The lowest BCUT2D eigenvalue weighted by atomic mass is 10.1. The summed E-state index contributed by atoms with van der Waals surface area (Å²) in [6.45, 7) is 5.55. The summed E-state index contributed by atoms with van der Waals surface area (Å²) < 4.78 is 7.13. The SMILES string of the molecule is Cc1cc(C)n(CC(=O)NNC(=O)CCN2C(=O)C(C)Oc3ccccc32)n1. The zero-order valence-corrected chi connectivity index (χ0v) is 16.1. The van der Waals surface area contributed by atoms with E-state index in [2.05, 4.69) is 16.0 Å². The second-order valence-corrected chi connectivity index (χ2v) is 6.65. The number of para-hydroxylation sites is 2. The van der Waals surface area contributed by atoms with E-state index in [-0.39, 0.29) is 31.3 Å². The first kappa shape index (κ1) is 19.4. The van der Waals surface area contributed by atoms with Gasteiger partial charge in [-0.2, -0.15) is 5.10 Å². The van der Waals surface area contributed by atoms with Crippen molar-refractivity contribution < 1.29 is 19.1 Å². The molecule has 2 heterocycles. The number of aromatic nitrogens is 2. The van der Waals surface area contributed by atoms with E-state index in [1.807, 2.05) is 26.0 Å². The van der Waals surface area contributed by atoms with Gasteiger partial charge in [-0.3, -0.25) is 29.9 Å². The molecule has 1 aliphatic rings. The number of hydrogen-bond donors (Lipinski definition) is 2. The number of fused-ring (bicyclic) bond motifs is 1. The lowest BCUT2D eigenvalue weighted by molar-refractivity contribution is -0.129. The molecule has 148 valence electrons. The Morgan fingerprint density at radius 2 is 1.89 bits per heavy atom. The molecule has 0 saturated heterocycles. The van der Waals surface area contributed by atoms with E-state index in [9.17, 15) is 14.4 Å². The summed E-state index contributed by atoms with van der Waals surface area (Å²) in [7, 11) is 0. The van der Waals surface area contributed by atoms with Crippen LogP contribution in [0.15, 0.2) is 30.3 Å². The Bertz CT molecular complexity index is 907. The normalized spacial score (nSPS) is 15.6. The molecule has 0 spiro atoms. The van der Waals surface area contributed by atoms with Gasteiger partial charge < -0.3 is 9.64 Å². The number of amides is 3. The van der Waals surface area contributed by atoms with Crippen LogP contribution in [0.3, 0.4) is 0 Å². The Morgan fingerprint density at radius 1 is 1.18 bits per heavy atom. The minimum atomic E-state index is -0.613. The third kappa shape index (κ3) is 4.30. The highest BCUT2D eigenvalue weighted by Crippen LogP contribution is 2.33. The van der Waals surface area contributed by atoms with E-state index >= 15 is 0 Å². The molecule has 0 fully saturated rings. The third-order valence-corrected chi connectivity index (χ3v) is 4.37. The van der Waals surface area contributed by atoms with Crippen LogP contribution < -0.4 is 20.5 Å². The van der Waals surface area contributed by atoms with Crippen LogP contribution in [0.2, 0.25) is 0 Å². The van der Waals surface area contributed by atoms with Gasteiger partial charge in [0.1, 0.15) is 12.3 Å². The van der Waals surface area contributed by atoms with Crippen LogP contribution in [0.4, 0.5) is 5.69 Å². The Hall–Kier alpha value is -3.36. The molecular weight excluding hydrogens is 362 g/mol. The van der Waals surface area contributed by atoms with Gasteiger partial charge in [0.15, 0.2) is 6.10 Å². The van der Waals surface area contributed by atoms with E-state index in [1.165, 1.54) is 4.90 Å². The highest BCUT2D eigenvalue weighted by Gasteiger charge is 2.31. The number of anilines is 1. The molecule has 1 atom stereocenters. The Morgan fingerprint density at radius 3 is 2.61 bits per heavy atom. The van der Waals surface area contributed by atoms with E-state index in [1.54, 1.807) is 29.8 Å². The smallest absolute Gasteiger partial charge is 0.267 e. The maximum Gasteiger partial charge on any atom is 0.267 e. The minimum absolute atomic E-state index is 0.00674. The molecule has 9 heteroatoms. The van der Waals surface area contributed by atoms with Gasteiger partial charge in [-0.1, -0.05) is 12.1 Å². The summed E-state index contributed by atoms with van der Waals surface area (Å²) >= 11 is 0. The first-order valence-corrected chi connectivity index (χ1v) is 9.01. The van der Waals surface area contributed by atoms with Gasteiger partial charge in [-0.05, 0) is 39.0 Å². The van der Waals surface area contributed by atoms with Crippen molar-refractivity contribution in [1.82, 2.24) is 20.6 Å². The van der Waals surface area contributed by atoms with Crippen LogP contribution in [0.1, 0.15) is 24.7 Å². The summed E-state index contributed by atoms with van der Waals surface area (Å²) in [4.78, 5) is 38.0. The Kier molecular flexibility index (Phi) is 5.62. The summed E-state index contributed by atoms with van der Waals surface area (Å²) in [5.41, 5.74) is 7.05. The first-order valence-electron chi connectivity index (χ1n) is 9.01. The molecule has 2 N–H and O–H groups in total. The molecular formula is C19H23N5O4. The number of hydrogen-bond acceptors (Lipinski definition) is 5. The number of rotatable bonds is 5. The molecule has 9 nitrogen and oxygen atoms in total. The molecule has 2 aromatic rings. The maximum atomic E-state index is 12.4. The standard InChI is InChI=1S/C19H23N5O4/c1-12-10-13(2)24(22-12)11-18(26)21-20-17(25)8-9-23-15-6-4-5-7-16(15)28-14(3)19(23)27/h4-7,10,14H,8-9,11H2,1-3H3,(H,20,25)(H,21,26). The van der Waals surface area contributed by atoms with E-state index in [0.29, 0.717) is 11.4 Å². The summed E-state index contributed by atoms with van der Waals surface area (Å²) in [6.07, 6.45) is -0.578. The largest absolute Gasteiger partial charge is 0.479 e. The second kappa shape index (κ2) is 8.12. The minimum Gasteiger partial charge on any atom is -0.479 e. The van der Waals surface area contributed by atoms with Crippen molar-refractivity contribution in [2.45, 2.75) is 39.8 Å². The van der Waals surface area contributed by atoms with Gasteiger partial charge in [0.2, 0.25) is 5.91 Å². The van der Waals surface area contributed by atoms with Crippen LogP contribution >= 0.6 is 0 Å². The van der Waals surface area contributed by atoms with Crippen LogP contribution in [0.5, 0.6) is 5.75 Å². The monoisotopic (exact) mass is 385 g/mol. The van der Waals surface area contributed by atoms with Gasteiger partial charge in [0.05, 0.1) is 11.4 Å². The highest BCUT2D eigenvalue weighted by molar-refractivity contribution is 6.00. The number of hydrazine groups is 1. The average Bonchev–Trinajstić information content (AvgIpc) is 2.97. The summed E-state index contributed by atoms with van der Waals surface area (Å²) in [6, 6.07) is 9.05. The number of benzene rings is 1. The quantitative estimate of drug-likeness (QED) is 0.743. The topological polar surface area (TPSA) is 106 Å². The van der Waals surface area contributed by atoms with E-state index in [4.69, 9.17) is 4.74 Å². The summed E-state index contributed by atoms with van der Waals surface area (Å²) in [5.74, 6) is -0.389. The maximum absolute atomic E-state index is 12.4. The van der Waals surface area contributed by atoms with Gasteiger partial charge in [-0.15, -0.1) is 0 Å². The fourth-order valence-electron chi connectivity index (χ4n) is 3.02. The Labute approximate surface area is 162 Å². The van der Waals surface area contributed by atoms with Crippen LogP contribution in [-0.4, -0.2) is 40.2 Å². The van der Waals surface area contributed by atoms with Crippen molar-refractivity contribution in [3.8, 4) is 5.75 Å².